The van der Waals surface area contributed by atoms with Crippen molar-refractivity contribution in [3.63, 3.8) is 0 Å². The van der Waals surface area contributed by atoms with Crippen LogP contribution in [0.2, 0.25) is 0 Å². The molecule has 0 aromatic heterocycles. The average molecular weight is 365 g/mol. The molecule has 2 aromatic carbocycles. The molecule has 0 radical (unpaired) electrons. The number of para-hydroxylation sites is 2. The number of benzene rings is 2. The number of hydrogen-bond acceptors (Lipinski definition) is 5. The van der Waals surface area contributed by atoms with E-state index in [1.54, 1.807) is 37.4 Å². The molecule has 0 aliphatic carbocycles. The number of hydrogen-bond donors (Lipinski definition) is 1. The number of fused-ring (bicyclic) bond motifs is 2. The second-order valence-corrected chi connectivity index (χ2v) is 6.44. The molecular weight excluding hydrogens is 346 g/mol. The number of carbonyl (C=O) groups excluding carboxylic acids is 3. The fourth-order valence-electron chi connectivity index (χ4n) is 3.48. The monoisotopic (exact) mass is 365 g/mol. The van der Waals surface area contributed by atoms with Crippen molar-refractivity contribution in [2.75, 3.05) is 31.6 Å². The van der Waals surface area contributed by atoms with Gasteiger partial charge in [0.25, 0.3) is 17.7 Å². The topological polar surface area (TPSA) is 79.0 Å². The van der Waals surface area contributed by atoms with Crippen LogP contribution in [0.1, 0.15) is 20.7 Å². The molecule has 2 aliphatic rings. The van der Waals surface area contributed by atoms with E-state index < -0.39 is 6.10 Å². The molecular formula is C20H19N3O4. The first-order valence-corrected chi connectivity index (χ1v) is 8.77. The second kappa shape index (κ2) is 6.75. The van der Waals surface area contributed by atoms with Gasteiger partial charge in [-0.1, -0.05) is 24.3 Å². The molecule has 0 spiro atoms. The fraction of sp³-hybridized carbons (Fsp3) is 0.250. The highest BCUT2D eigenvalue weighted by Crippen LogP contribution is 2.33. The van der Waals surface area contributed by atoms with E-state index >= 15 is 0 Å². The Morgan fingerprint density at radius 3 is 2.33 bits per heavy atom. The summed E-state index contributed by atoms with van der Waals surface area (Å²) < 4.78 is 5.78. The predicted molar refractivity (Wildman–Crippen MR) is 98.9 cm³/mol. The number of rotatable bonds is 4. The van der Waals surface area contributed by atoms with Crippen molar-refractivity contribution in [1.82, 2.24) is 10.2 Å². The minimum Gasteiger partial charge on any atom is -0.477 e. The summed E-state index contributed by atoms with van der Waals surface area (Å²) in [6, 6.07) is 14.3. The number of imide groups is 1. The predicted octanol–water partition coefficient (Wildman–Crippen LogP) is 1.30. The summed E-state index contributed by atoms with van der Waals surface area (Å²) in [6.45, 7) is 1.00. The third kappa shape index (κ3) is 2.91. The molecule has 1 atom stereocenters. The van der Waals surface area contributed by atoms with Gasteiger partial charge < -0.3 is 15.0 Å². The van der Waals surface area contributed by atoms with E-state index in [0.29, 0.717) is 30.0 Å². The quantitative estimate of drug-likeness (QED) is 0.826. The summed E-state index contributed by atoms with van der Waals surface area (Å²) in [4.78, 5) is 40.4. The summed E-state index contributed by atoms with van der Waals surface area (Å²) in [5.74, 6) is -0.157. The number of amides is 3. The standard InChI is InChI=1S/C20H19N3O4/c1-21-18(24)17-12-22(15-8-4-5-9-16(15)27-17)10-11-23-19(25)13-6-2-3-7-14(13)20(23)26/h2-9,17H,10-12H2,1H3,(H,21,24)/t17-/m1/s1. The van der Waals surface area contributed by atoms with E-state index in [1.807, 2.05) is 23.1 Å². The minimum atomic E-state index is -0.646. The Morgan fingerprint density at radius 1 is 1.04 bits per heavy atom. The minimum absolute atomic E-state index is 0.213. The highest BCUT2D eigenvalue weighted by atomic mass is 16.5. The Hall–Kier alpha value is -3.35. The lowest BCUT2D eigenvalue weighted by molar-refractivity contribution is -0.127. The van der Waals surface area contributed by atoms with Gasteiger partial charge in [0.2, 0.25) is 0 Å². The lowest BCUT2D eigenvalue weighted by Crippen LogP contribution is -2.50. The van der Waals surface area contributed by atoms with Crippen LogP contribution in [0, 0.1) is 0 Å². The van der Waals surface area contributed by atoms with E-state index in [0.717, 1.165) is 5.69 Å². The molecule has 1 N–H and O–H groups in total. The van der Waals surface area contributed by atoms with Crippen molar-refractivity contribution in [2.24, 2.45) is 0 Å². The maximum absolute atomic E-state index is 12.5. The van der Waals surface area contributed by atoms with E-state index in [1.165, 1.54) is 4.90 Å². The largest absolute Gasteiger partial charge is 0.477 e. The highest BCUT2D eigenvalue weighted by Gasteiger charge is 2.36. The Bertz CT molecular complexity index is 892. The zero-order chi connectivity index (χ0) is 19.0. The van der Waals surface area contributed by atoms with Crippen LogP contribution < -0.4 is 15.0 Å². The summed E-state index contributed by atoms with van der Waals surface area (Å²) >= 11 is 0. The van der Waals surface area contributed by atoms with Crippen LogP contribution in [-0.4, -0.2) is 55.4 Å². The fourth-order valence-corrected chi connectivity index (χ4v) is 3.48. The van der Waals surface area contributed by atoms with Crippen LogP contribution in [0.25, 0.3) is 0 Å². The summed E-state index contributed by atoms with van der Waals surface area (Å²) in [5.41, 5.74) is 1.72. The molecule has 2 heterocycles. The number of ether oxygens (including phenoxy) is 1. The van der Waals surface area contributed by atoms with Gasteiger partial charge in [-0.25, -0.2) is 0 Å². The average Bonchev–Trinajstić information content (AvgIpc) is 2.95. The molecule has 2 aromatic rings. The third-order valence-corrected chi connectivity index (χ3v) is 4.87. The van der Waals surface area contributed by atoms with E-state index in [-0.39, 0.29) is 24.3 Å². The molecule has 3 amide bonds. The summed E-state index contributed by atoms with van der Waals surface area (Å²) in [5, 5.41) is 2.60. The molecule has 7 heteroatoms. The maximum Gasteiger partial charge on any atom is 0.262 e. The Kier molecular flexibility index (Phi) is 4.27. The lowest BCUT2D eigenvalue weighted by atomic mass is 10.1. The van der Waals surface area contributed by atoms with Crippen molar-refractivity contribution in [1.29, 1.82) is 0 Å². The first-order valence-electron chi connectivity index (χ1n) is 8.77. The van der Waals surface area contributed by atoms with Gasteiger partial charge in [0.15, 0.2) is 6.10 Å². The molecule has 4 rings (SSSR count). The van der Waals surface area contributed by atoms with Gasteiger partial charge in [0, 0.05) is 20.1 Å². The number of nitrogens with zero attached hydrogens (tertiary/aromatic N) is 2. The maximum atomic E-state index is 12.5. The molecule has 2 aliphatic heterocycles. The van der Waals surface area contributed by atoms with Crippen molar-refractivity contribution in [3.05, 3.63) is 59.7 Å². The van der Waals surface area contributed by atoms with E-state index in [2.05, 4.69) is 5.32 Å². The van der Waals surface area contributed by atoms with Crippen molar-refractivity contribution < 1.29 is 19.1 Å². The molecule has 0 bridgehead atoms. The SMILES string of the molecule is CNC(=O)[C@H]1CN(CCN2C(=O)c3ccccc3C2=O)c2ccccc2O1. The van der Waals surface area contributed by atoms with E-state index in [4.69, 9.17) is 4.74 Å². The normalized spacial score (nSPS) is 18.0. The van der Waals surface area contributed by atoms with Crippen LogP contribution in [-0.2, 0) is 4.79 Å². The van der Waals surface area contributed by atoms with Crippen molar-refractivity contribution in [3.8, 4) is 5.75 Å². The zero-order valence-electron chi connectivity index (χ0n) is 14.8. The molecule has 138 valence electrons. The van der Waals surface area contributed by atoms with Crippen molar-refractivity contribution >= 4 is 23.4 Å². The van der Waals surface area contributed by atoms with Crippen molar-refractivity contribution in [2.45, 2.75) is 6.10 Å². The van der Waals surface area contributed by atoms with Gasteiger partial charge in [-0.2, -0.15) is 0 Å². The zero-order valence-corrected chi connectivity index (χ0v) is 14.8. The van der Waals surface area contributed by atoms with Gasteiger partial charge in [0.1, 0.15) is 5.75 Å². The molecule has 27 heavy (non-hydrogen) atoms. The molecule has 0 saturated heterocycles. The number of anilines is 1. The van der Waals surface area contributed by atoms with Gasteiger partial charge in [-0.15, -0.1) is 0 Å². The molecule has 0 unspecified atom stereocenters. The molecule has 0 fully saturated rings. The highest BCUT2D eigenvalue weighted by molar-refractivity contribution is 6.21. The smallest absolute Gasteiger partial charge is 0.262 e. The Morgan fingerprint density at radius 2 is 1.67 bits per heavy atom. The molecule has 7 nitrogen and oxygen atoms in total. The van der Waals surface area contributed by atoms with Crippen LogP contribution in [0.3, 0.4) is 0 Å². The number of carbonyl (C=O) groups is 3. The van der Waals surface area contributed by atoms with Gasteiger partial charge in [-0.3, -0.25) is 19.3 Å². The molecule has 0 saturated carbocycles. The number of likely N-dealkylation sites (N-methyl/N-ethyl adjacent to an activating group) is 1. The van der Waals surface area contributed by atoms with Crippen LogP contribution in [0.5, 0.6) is 5.75 Å². The van der Waals surface area contributed by atoms with Gasteiger partial charge in [0.05, 0.1) is 23.4 Å². The Balaban J connectivity index is 1.53. The van der Waals surface area contributed by atoms with Gasteiger partial charge in [-0.05, 0) is 24.3 Å². The van der Waals surface area contributed by atoms with E-state index in [9.17, 15) is 14.4 Å². The second-order valence-electron chi connectivity index (χ2n) is 6.44. The van der Waals surface area contributed by atoms with Gasteiger partial charge >= 0.3 is 0 Å². The number of nitrogens with one attached hydrogen (secondary N) is 1. The first kappa shape index (κ1) is 17.1. The van der Waals surface area contributed by atoms with Crippen LogP contribution in [0.15, 0.2) is 48.5 Å². The van der Waals surface area contributed by atoms with Crippen LogP contribution in [0.4, 0.5) is 5.69 Å². The summed E-state index contributed by atoms with van der Waals surface area (Å²) in [7, 11) is 1.56. The van der Waals surface area contributed by atoms with Crippen LogP contribution >= 0.6 is 0 Å². The summed E-state index contributed by atoms with van der Waals surface area (Å²) in [6.07, 6.45) is -0.646. The third-order valence-electron chi connectivity index (χ3n) is 4.87. The Labute approximate surface area is 156 Å². The first-order chi connectivity index (χ1) is 13.1. The lowest BCUT2D eigenvalue weighted by Gasteiger charge is -2.36.